The van der Waals surface area contributed by atoms with E-state index in [1.165, 1.54) is 12.1 Å². The van der Waals surface area contributed by atoms with Crippen LogP contribution in [-0.2, 0) is 9.59 Å². The SMILES string of the molecule is O=C1[C@@H]2[C@H](C(=O)N1c1ccc(Br)cc1[N+](=O)[O-])[C@@H]1C=C[C@@H]2C12CC2. The fraction of sp³-hybridized carbons (Fsp3) is 0.412. The molecule has 1 aromatic carbocycles. The predicted octanol–water partition coefficient (Wildman–Crippen LogP) is 3.06. The number of halogens is 1. The molecule has 3 fully saturated rings. The van der Waals surface area contributed by atoms with Gasteiger partial charge in [0.2, 0.25) is 11.8 Å². The van der Waals surface area contributed by atoms with Crippen LogP contribution in [0.3, 0.4) is 0 Å². The van der Waals surface area contributed by atoms with Crippen molar-refractivity contribution in [1.82, 2.24) is 0 Å². The van der Waals surface area contributed by atoms with E-state index in [2.05, 4.69) is 28.1 Å². The molecule has 0 radical (unpaired) electrons. The smallest absolute Gasteiger partial charge is 0.274 e. The third-order valence-corrected chi connectivity index (χ3v) is 6.72. The lowest BCUT2D eigenvalue weighted by Crippen LogP contribution is -2.35. The number of anilines is 1. The molecule has 122 valence electrons. The summed E-state index contributed by atoms with van der Waals surface area (Å²) in [6, 6.07) is 4.42. The summed E-state index contributed by atoms with van der Waals surface area (Å²) in [6.45, 7) is 0. The number of amides is 2. The number of fused-ring (bicyclic) bond motifs is 3. The molecule has 4 atom stereocenters. The zero-order chi connectivity index (χ0) is 16.8. The van der Waals surface area contributed by atoms with E-state index in [1.807, 2.05) is 0 Å². The summed E-state index contributed by atoms with van der Waals surface area (Å²) in [5, 5.41) is 11.4. The van der Waals surface area contributed by atoms with Crippen LogP contribution in [0.4, 0.5) is 11.4 Å². The molecule has 1 spiro atoms. The lowest BCUT2D eigenvalue weighted by atomic mass is 9.85. The van der Waals surface area contributed by atoms with Gasteiger partial charge < -0.3 is 0 Å². The first-order valence-electron chi connectivity index (χ1n) is 7.96. The van der Waals surface area contributed by atoms with E-state index < -0.39 is 4.92 Å². The molecular weight excluding hydrogens is 376 g/mol. The first-order chi connectivity index (χ1) is 11.5. The maximum absolute atomic E-state index is 13.0. The van der Waals surface area contributed by atoms with Crippen LogP contribution >= 0.6 is 15.9 Å². The second-order valence-electron chi connectivity index (χ2n) is 7.12. The molecule has 2 amide bonds. The average Bonchev–Trinajstić information content (AvgIpc) is 3.14. The van der Waals surface area contributed by atoms with Crippen molar-refractivity contribution in [3.8, 4) is 0 Å². The Morgan fingerprint density at radius 3 is 2.21 bits per heavy atom. The maximum Gasteiger partial charge on any atom is 0.294 e. The number of nitro groups is 1. The Morgan fingerprint density at radius 2 is 1.71 bits per heavy atom. The van der Waals surface area contributed by atoms with E-state index in [-0.39, 0.29) is 52.3 Å². The number of rotatable bonds is 2. The second-order valence-corrected chi connectivity index (χ2v) is 8.04. The van der Waals surface area contributed by atoms with Gasteiger partial charge >= 0.3 is 0 Å². The van der Waals surface area contributed by atoms with E-state index in [4.69, 9.17) is 0 Å². The van der Waals surface area contributed by atoms with Crippen molar-refractivity contribution in [2.75, 3.05) is 4.90 Å². The van der Waals surface area contributed by atoms with Crippen LogP contribution in [-0.4, -0.2) is 16.7 Å². The molecule has 1 aromatic rings. The Morgan fingerprint density at radius 1 is 1.12 bits per heavy atom. The van der Waals surface area contributed by atoms with Crippen molar-refractivity contribution in [3.63, 3.8) is 0 Å². The molecule has 3 aliphatic carbocycles. The van der Waals surface area contributed by atoms with Crippen molar-refractivity contribution >= 4 is 39.1 Å². The van der Waals surface area contributed by atoms with Gasteiger partial charge in [0.15, 0.2) is 0 Å². The van der Waals surface area contributed by atoms with Gasteiger partial charge in [0, 0.05) is 10.5 Å². The fourth-order valence-corrected chi connectivity index (χ4v) is 5.50. The first kappa shape index (κ1) is 14.3. The number of carbonyl (C=O) groups excluding carboxylic acids is 2. The molecule has 0 aromatic heterocycles. The molecule has 24 heavy (non-hydrogen) atoms. The summed E-state index contributed by atoms with van der Waals surface area (Å²) >= 11 is 3.20. The standard InChI is InChI=1S/C17H13BrN2O4/c18-8-1-4-11(12(7-8)20(23)24)19-15(21)13-9-2-3-10(14(13)16(19)22)17(9)5-6-17/h1-4,7,9-10,13-14H,5-6H2/t9-,10-,13-,14+/m0/s1. The van der Waals surface area contributed by atoms with E-state index in [1.54, 1.807) is 6.07 Å². The fourth-order valence-electron chi connectivity index (χ4n) is 5.15. The third-order valence-electron chi connectivity index (χ3n) is 6.23. The normalized spacial score (nSPS) is 34.3. The van der Waals surface area contributed by atoms with Gasteiger partial charge in [-0.1, -0.05) is 28.1 Å². The lowest BCUT2D eigenvalue weighted by Gasteiger charge is -2.21. The zero-order valence-corrected chi connectivity index (χ0v) is 14.1. The third kappa shape index (κ3) is 1.51. The van der Waals surface area contributed by atoms with E-state index in [0.717, 1.165) is 17.7 Å². The molecule has 1 aliphatic heterocycles. The first-order valence-corrected chi connectivity index (χ1v) is 8.75. The molecule has 4 aliphatic rings. The number of imide groups is 1. The Kier molecular flexibility index (Phi) is 2.59. The van der Waals surface area contributed by atoms with Crippen LogP contribution in [0, 0.1) is 39.2 Å². The number of hydrogen-bond donors (Lipinski definition) is 0. The van der Waals surface area contributed by atoms with Crippen molar-refractivity contribution in [2.45, 2.75) is 12.8 Å². The quantitative estimate of drug-likeness (QED) is 0.337. The van der Waals surface area contributed by atoms with Gasteiger partial charge in [-0.15, -0.1) is 0 Å². The Bertz CT molecular complexity index is 826. The molecule has 7 heteroatoms. The molecule has 0 N–H and O–H groups in total. The van der Waals surface area contributed by atoms with Crippen LogP contribution in [0.2, 0.25) is 0 Å². The van der Waals surface area contributed by atoms with Gasteiger partial charge in [0.25, 0.3) is 5.69 Å². The van der Waals surface area contributed by atoms with Crippen molar-refractivity contribution in [3.05, 3.63) is 44.9 Å². The molecule has 5 rings (SSSR count). The van der Waals surface area contributed by atoms with Crippen LogP contribution in [0.25, 0.3) is 0 Å². The molecule has 1 saturated heterocycles. The van der Waals surface area contributed by atoms with E-state index >= 15 is 0 Å². The largest absolute Gasteiger partial charge is 0.294 e. The minimum absolute atomic E-state index is 0.0804. The van der Waals surface area contributed by atoms with Crippen LogP contribution in [0.15, 0.2) is 34.8 Å². The Balaban J connectivity index is 1.60. The van der Waals surface area contributed by atoms with Crippen LogP contribution in [0.5, 0.6) is 0 Å². The average molecular weight is 389 g/mol. The Hall–Kier alpha value is -2.02. The van der Waals surface area contributed by atoms with Crippen molar-refractivity contribution in [1.29, 1.82) is 0 Å². The van der Waals surface area contributed by atoms with Gasteiger partial charge in [-0.3, -0.25) is 19.7 Å². The highest BCUT2D eigenvalue weighted by molar-refractivity contribution is 9.10. The summed E-state index contributed by atoms with van der Waals surface area (Å²) in [5.41, 5.74) is -0.0254. The summed E-state index contributed by atoms with van der Waals surface area (Å²) in [6.07, 6.45) is 6.32. The van der Waals surface area contributed by atoms with Gasteiger partial charge in [-0.2, -0.15) is 0 Å². The van der Waals surface area contributed by atoms with Gasteiger partial charge in [-0.05, 0) is 42.2 Å². The summed E-state index contributed by atoms with van der Waals surface area (Å²) < 4.78 is 0.538. The van der Waals surface area contributed by atoms with Crippen LogP contribution in [0.1, 0.15) is 12.8 Å². The van der Waals surface area contributed by atoms with E-state index in [0.29, 0.717) is 4.47 Å². The number of nitro benzene ring substituents is 1. The number of nitrogens with zero attached hydrogens (tertiary/aromatic N) is 2. The molecule has 1 heterocycles. The van der Waals surface area contributed by atoms with Gasteiger partial charge in [0.05, 0.1) is 16.8 Å². The number of carbonyl (C=O) groups is 2. The molecule has 6 nitrogen and oxygen atoms in total. The monoisotopic (exact) mass is 388 g/mol. The minimum Gasteiger partial charge on any atom is -0.274 e. The highest BCUT2D eigenvalue weighted by Gasteiger charge is 2.73. The molecular formula is C17H13BrN2O4. The second kappa shape index (κ2) is 4.33. The maximum atomic E-state index is 13.0. The minimum atomic E-state index is -0.552. The summed E-state index contributed by atoms with van der Waals surface area (Å²) in [4.78, 5) is 37.9. The highest BCUT2D eigenvalue weighted by atomic mass is 79.9. The number of allylic oxidation sites excluding steroid dienone is 2. The molecule has 0 unspecified atom stereocenters. The van der Waals surface area contributed by atoms with Gasteiger partial charge in [0.1, 0.15) is 5.69 Å². The van der Waals surface area contributed by atoms with Crippen molar-refractivity contribution < 1.29 is 14.5 Å². The van der Waals surface area contributed by atoms with Crippen molar-refractivity contribution in [2.24, 2.45) is 29.1 Å². The predicted molar refractivity (Wildman–Crippen MR) is 88.1 cm³/mol. The molecule has 2 saturated carbocycles. The zero-order valence-electron chi connectivity index (χ0n) is 12.5. The Labute approximate surface area is 145 Å². The van der Waals surface area contributed by atoms with Gasteiger partial charge in [-0.25, -0.2) is 4.90 Å². The topological polar surface area (TPSA) is 80.5 Å². The van der Waals surface area contributed by atoms with E-state index in [9.17, 15) is 19.7 Å². The summed E-state index contributed by atoms with van der Waals surface area (Å²) in [5.74, 6) is -1.03. The molecule has 2 bridgehead atoms. The summed E-state index contributed by atoms with van der Waals surface area (Å²) in [7, 11) is 0. The lowest BCUT2D eigenvalue weighted by molar-refractivity contribution is -0.384. The number of benzene rings is 1. The number of hydrogen-bond acceptors (Lipinski definition) is 4. The highest BCUT2D eigenvalue weighted by Crippen LogP contribution is 2.73. The van der Waals surface area contributed by atoms with Crippen LogP contribution < -0.4 is 4.90 Å².